The maximum Gasteiger partial charge on any atom is 0.147 e. The minimum Gasteiger partial charge on any atom is -0.356 e. The van der Waals surface area contributed by atoms with Gasteiger partial charge in [-0.3, -0.25) is 0 Å². The summed E-state index contributed by atoms with van der Waals surface area (Å²) in [6, 6.07) is 2.11. The summed E-state index contributed by atoms with van der Waals surface area (Å²) in [5.74, 6) is 4.74. The third kappa shape index (κ3) is 4.64. The van der Waals surface area contributed by atoms with E-state index in [4.69, 9.17) is 4.98 Å². The molecule has 0 amide bonds. The number of nitrogens with zero attached hydrogens (tertiary/aromatic N) is 7. The SMILES string of the molecule is CCCc1nc(C)cc(N2CCC(c3nnc(CN(C)C)n3CC)CC2)n1. The first-order chi connectivity index (χ1) is 13.0. The number of hydrogen-bond donors (Lipinski definition) is 0. The van der Waals surface area contributed by atoms with Crippen LogP contribution in [0.4, 0.5) is 5.82 Å². The Kier molecular flexibility index (Phi) is 6.42. The molecule has 0 aromatic carbocycles. The quantitative estimate of drug-likeness (QED) is 0.746. The van der Waals surface area contributed by atoms with E-state index in [0.717, 1.165) is 80.8 Å². The molecule has 0 atom stereocenters. The highest BCUT2D eigenvalue weighted by molar-refractivity contribution is 5.40. The van der Waals surface area contributed by atoms with Crippen LogP contribution < -0.4 is 4.90 Å². The van der Waals surface area contributed by atoms with Crippen molar-refractivity contribution in [2.75, 3.05) is 32.1 Å². The molecule has 2 aromatic heterocycles. The van der Waals surface area contributed by atoms with Crippen LogP contribution in [0.25, 0.3) is 0 Å². The van der Waals surface area contributed by atoms with Gasteiger partial charge in [-0.25, -0.2) is 9.97 Å². The van der Waals surface area contributed by atoms with E-state index in [2.05, 4.69) is 70.5 Å². The molecule has 2 aromatic rings. The van der Waals surface area contributed by atoms with E-state index in [9.17, 15) is 0 Å². The first-order valence-electron chi connectivity index (χ1n) is 10.2. The number of piperidine rings is 1. The summed E-state index contributed by atoms with van der Waals surface area (Å²) < 4.78 is 2.30. The van der Waals surface area contributed by atoms with Crippen LogP contribution in [-0.2, 0) is 19.5 Å². The molecule has 0 aliphatic carbocycles. The van der Waals surface area contributed by atoms with Gasteiger partial charge >= 0.3 is 0 Å². The fourth-order valence-electron chi connectivity index (χ4n) is 3.87. The van der Waals surface area contributed by atoms with Gasteiger partial charge in [-0.2, -0.15) is 0 Å². The van der Waals surface area contributed by atoms with Crippen molar-refractivity contribution < 1.29 is 0 Å². The highest BCUT2D eigenvalue weighted by Crippen LogP contribution is 2.29. The Hall–Kier alpha value is -2.02. The number of anilines is 1. The van der Waals surface area contributed by atoms with E-state index in [0.29, 0.717) is 5.92 Å². The molecule has 1 aliphatic heterocycles. The molecule has 3 heterocycles. The lowest BCUT2D eigenvalue weighted by atomic mass is 9.96. The average Bonchev–Trinajstić information content (AvgIpc) is 3.03. The highest BCUT2D eigenvalue weighted by Gasteiger charge is 2.26. The Labute approximate surface area is 162 Å². The smallest absolute Gasteiger partial charge is 0.147 e. The lowest BCUT2D eigenvalue weighted by Gasteiger charge is -2.32. The van der Waals surface area contributed by atoms with Gasteiger partial charge in [0.25, 0.3) is 0 Å². The Morgan fingerprint density at radius 2 is 1.85 bits per heavy atom. The zero-order valence-corrected chi connectivity index (χ0v) is 17.4. The van der Waals surface area contributed by atoms with E-state index in [1.165, 1.54) is 0 Å². The van der Waals surface area contributed by atoms with Gasteiger partial charge in [-0.1, -0.05) is 6.92 Å². The summed E-state index contributed by atoms with van der Waals surface area (Å²) in [7, 11) is 4.15. The van der Waals surface area contributed by atoms with Gasteiger partial charge in [0.05, 0.1) is 6.54 Å². The number of aromatic nitrogens is 5. The molecule has 0 saturated carbocycles. The van der Waals surface area contributed by atoms with E-state index in [1.54, 1.807) is 0 Å². The molecule has 7 nitrogen and oxygen atoms in total. The molecular formula is C20H33N7. The van der Waals surface area contributed by atoms with Gasteiger partial charge in [0, 0.05) is 43.7 Å². The summed E-state index contributed by atoms with van der Waals surface area (Å²) in [5.41, 5.74) is 1.06. The van der Waals surface area contributed by atoms with Crippen molar-refractivity contribution in [2.45, 2.75) is 65.5 Å². The summed E-state index contributed by atoms with van der Waals surface area (Å²) in [5, 5.41) is 9.02. The maximum atomic E-state index is 4.79. The molecule has 27 heavy (non-hydrogen) atoms. The normalized spacial score (nSPS) is 15.7. The van der Waals surface area contributed by atoms with Crippen LogP contribution in [-0.4, -0.2) is 56.8 Å². The third-order valence-corrected chi connectivity index (χ3v) is 5.17. The van der Waals surface area contributed by atoms with Gasteiger partial charge in [-0.05, 0) is 47.2 Å². The average molecular weight is 372 g/mol. The summed E-state index contributed by atoms with van der Waals surface area (Å²) in [4.78, 5) is 13.9. The molecule has 3 rings (SSSR count). The first kappa shape index (κ1) is 19.7. The molecule has 1 aliphatic rings. The van der Waals surface area contributed by atoms with Crippen LogP contribution in [0.1, 0.15) is 62.2 Å². The van der Waals surface area contributed by atoms with Crippen LogP contribution >= 0.6 is 0 Å². The maximum absolute atomic E-state index is 4.79. The largest absolute Gasteiger partial charge is 0.356 e. The Bertz CT molecular complexity index is 745. The standard InChI is InChI=1S/C20H33N7/c1-6-8-17-21-15(3)13-18(22-17)26-11-9-16(10-12-26)20-24-23-19(14-25(4)5)27(20)7-2/h13,16H,6-12,14H2,1-5H3. The van der Waals surface area contributed by atoms with Crippen molar-refractivity contribution in [2.24, 2.45) is 0 Å². The molecule has 148 valence electrons. The van der Waals surface area contributed by atoms with Gasteiger partial charge in [0.1, 0.15) is 23.3 Å². The Morgan fingerprint density at radius 3 is 2.48 bits per heavy atom. The lowest BCUT2D eigenvalue weighted by molar-refractivity contribution is 0.377. The zero-order valence-electron chi connectivity index (χ0n) is 17.4. The van der Waals surface area contributed by atoms with Gasteiger partial charge in [0.15, 0.2) is 0 Å². The summed E-state index contributed by atoms with van der Waals surface area (Å²) in [6.45, 7) is 10.2. The minimum atomic E-state index is 0.475. The minimum absolute atomic E-state index is 0.475. The number of hydrogen-bond acceptors (Lipinski definition) is 6. The van der Waals surface area contributed by atoms with Gasteiger partial charge in [0.2, 0.25) is 0 Å². The van der Waals surface area contributed by atoms with Crippen LogP contribution in [0.3, 0.4) is 0 Å². The van der Waals surface area contributed by atoms with Crippen molar-refractivity contribution in [1.82, 2.24) is 29.6 Å². The van der Waals surface area contributed by atoms with Crippen LogP contribution in [0, 0.1) is 6.92 Å². The van der Waals surface area contributed by atoms with Crippen molar-refractivity contribution in [3.8, 4) is 0 Å². The molecule has 7 heteroatoms. The monoisotopic (exact) mass is 371 g/mol. The zero-order chi connectivity index (χ0) is 19.4. The van der Waals surface area contributed by atoms with E-state index in [-0.39, 0.29) is 0 Å². The molecule has 0 N–H and O–H groups in total. The van der Waals surface area contributed by atoms with Crippen LogP contribution in [0.2, 0.25) is 0 Å². The summed E-state index contributed by atoms with van der Waals surface area (Å²) in [6.07, 6.45) is 4.20. The second-order valence-electron chi connectivity index (χ2n) is 7.75. The fourth-order valence-corrected chi connectivity index (χ4v) is 3.87. The molecule has 0 spiro atoms. The predicted molar refractivity (Wildman–Crippen MR) is 108 cm³/mol. The van der Waals surface area contributed by atoms with E-state index >= 15 is 0 Å². The molecule has 1 saturated heterocycles. The van der Waals surface area contributed by atoms with Crippen LogP contribution in [0.5, 0.6) is 0 Å². The number of rotatable bonds is 7. The fraction of sp³-hybridized carbons (Fsp3) is 0.700. The van der Waals surface area contributed by atoms with E-state index < -0.39 is 0 Å². The molecule has 1 fully saturated rings. The highest BCUT2D eigenvalue weighted by atomic mass is 15.3. The topological polar surface area (TPSA) is 63.0 Å². The lowest BCUT2D eigenvalue weighted by Crippen LogP contribution is -2.34. The van der Waals surface area contributed by atoms with Crippen LogP contribution in [0.15, 0.2) is 6.07 Å². The first-order valence-corrected chi connectivity index (χ1v) is 10.2. The molecule has 0 unspecified atom stereocenters. The van der Waals surface area contributed by atoms with Crippen molar-refractivity contribution in [1.29, 1.82) is 0 Å². The van der Waals surface area contributed by atoms with Crippen molar-refractivity contribution >= 4 is 5.82 Å². The second kappa shape index (κ2) is 8.78. The Morgan fingerprint density at radius 1 is 1.11 bits per heavy atom. The number of aryl methyl sites for hydroxylation is 2. The molecule has 0 bridgehead atoms. The second-order valence-corrected chi connectivity index (χ2v) is 7.75. The summed E-state index contributed by atoms with van der Waals surface area (Å²) >= 11 is 0. The van der Waals surface area contributed by atoms with E-state index in [1.807, 2.05) is 0 Å². The van der Waals surface area contributed by atoms with Crippen molar-refractivity contribution in [3.05, 3.63) is 29.2 Å². The molecular weight excluding hydrogens is 338 g/mol. The third-order valence-electron chi connectivity index (χ3n) is 5.17. The Balaban J connectivity index is 1.70. The predicted octanol–water partition coefficient (Wildman–Crippen LogP) is 2.79. The van der Waals surface area contributed by atoms with Gasteiger partial charge < -0.3 is 14.4 Å². The van der Waals surface area contributed by atoms with Gasteiger partial charge in [-0.15, -0.1) is 10.2 Å². The van der Waals surface area contributed by atoms with Crippen molar-refractivity contribution in [3.63, 3.8) is 0 Å². The molecule has 0 radical (unpaired) electrons.